The molecule has 3 rings (SSSR count). The fourth-order valence-electron chi connectivity index (χ4n) is 1.92. The van der Waals surface area contributed by atoms with Crippen LogP contribution in [0.4, 0.5) is 0 Å². The van der Waals surface area contributed by atoms with E-state index in [0.717, 1.165) is 30.0 Å². The Labute approximate surface area is 81.8 Å². The van der Waals surface area contributed by atoms with Gasteiger partial charge in [-0.2, -0.15) is 0 Å². The van der Waals surface area contributed by atoms with Crippen molar-refractivity contribution in [1.82, 2.24) is 15.3 Å². The van der Waals surface area contributed by atoms with Crippen molar-refractivity contribution >= 4 is 0 Å². The zero-order valence-electron chi connectivity index (χ0n) is 7.97. The van der Waals surface area contributed by atoms with E-state index in [9.17, 15) is 4.79 Å². The molecule has 0 spiro atoms. The lowest BCUT2D eigenvalue weighted by Gasteiger charge is -2.15. The van der Waals surface area contributed by atoms with Crippen LogP contribution in [0, 0.1) is 0 Å². The maximum atomic E-state index is 11.7. The van der Waals surface area contributed by atoms with E-state index >= 15 is 0 Å². The van der Waals surface area contributed by atoms with E-state index in [-0.39, 0.29) is 5.56 Å². The van der Waals surface area contributed by atoms with E-state index in [1.54, 1.807) is 0 Å². The van der Waals surface area contributed by atoms with Gasteiger partial charge in [0.15, 0.2) is 0 Å². The highest BCUT2D eigenvalue weighted by atomic mass is 16.1. The molecular weight excluding hydrogens is 178 g/mol. The molecule has 2 aliphatic rings. The number of aromatic amines is 1. The van der Waals surface area contributed by atoms with Gasteiger partial charge in [-0.15, -0.1) is 0 Å². The molecule has 0 unspecified atom stereocenters. The third kappa shape index (κ3) is 1.26. The fraction of sp³-hybridized carbons (Fsp3) is 0.600. The monoisotopic (exact) mass is 191 g/mol. The summed E-state index contributed by atoms with van der Waals surface area (Å²) >= 11 is 0. The van der Waals surface area contributed by atoms with Gasteiger partial charge in [0.05, 0.1) is 11.3 Å². The first kappa shape index (κ1) is 8.17. The van der Waals surface area contributed by atoms with E-state index in [0.29, 0.717) is 12.5 Å². The zero-order chi connectivity index (χ0) is 9.54. The minimum absolute atomic E-state index is 0.0594. The normalized spacial score (nSPS) is 20.6. The average Bonchev–Trinajstić information content (AvgIpc) is 3.01. The van der Waals surface area contributed by atoms with Crippen LogP contribution in [0.15, 0.2) is 4.79 Å². The molecule has 4 nitrogen and oxygen atoms in total. The molecule has 1 aromatic rings. The van der Waals surface area contributed by atoms with Crippen LogP contribution < -0.4 is 10.9 Å². The Kier molecular flexibility index (Phi) is 1.70. The van der Waals surface area contributed by atoms with Gasteiger partial charge in [-0.05, 0) is 12.8 Å². The zero-order valence-corrected chi connectivity index (χ0v) is 7.97. The van der Waals surface area contributed by atoms with Crippen molar-refractivity contribution in [2.24, 2.45) is 0 Å². The number of aromatic nitrogens is 2. The van der Waals surface area contributed by atoms with Gasteiger partial charge in [0.2, 0.25) is 0 Å². The molecule has 1 aliphatic carbocycles. The summed E-state index contributed by atoms with van der Waals surface area (Å²) in [6.07, 6.45) is 3.25. The lowest BCUT2D eigenvalue weighted by molar-refractivity contribution is 0.613. The van der Waals surface area contributed by atoms with Crippen LogP contribution in [0.2, 0.25) is 0 Å². The highest BCUT2D eigenvalue weighted by Crippen LogP contribution is 2.37. The second-order valence-corrected chi connectivity index (χ2v) is 4.08. The van der Waals surface area contributed by atoms with Crippen molar-refractivity contribution in [2.75, 3.05) is 6.54 Å². The van der Waals surface area contributed by atoms with Crippen LogP contribution in [0.25, 0.3) is 0 Å². The molecule has 0 amide bonds. The number of rotatable bonds is 1. The van der Waals surface area contributed by atoms with Gasteiger partial charge in [0.1, 0.15) is 5.82 Å². The smallest absolute Gasteiger partial charge is 0.255 e. The molecule has 1 fully saturated rings. The first-order chi connectivity index (χ1) is 6.84. The molecule has 2 N–H and O–H groups in total. The first-order valence-corrected chi connectivity index (χ1v) is 5.17. The Morgan fingerprint density at radius 3 is 3.00 bits per heavy atom. The van der Waals surface area contributed by atoms with Gasteiger partial charge >= 0.3 is 0 Å². The Morgan fingerprint density at radius 1 is 1.36 bits per heavy atom. The van der Waals surface area contributed by atoms with Crippen molar-refractivity contribution in [2.45, 2.75) is 31.7 Å². The SMILES string of the molecule is O=c1[nH]c(C2CC2)nc2c1CNCC2. The molecule has 74 valence electrons. The number of hydrogen-bond donors (Lipinski definition) is 2. The molecule has 0 bridgehead atoms. The highest BCUT2D eigenvalue weighted by Gasteiger charge is 2.27. The molecule has 0 aromatic carbocycles. The van der Waals surface area contributed by atoms with Gasteiger partial charge < -0.3 is 10.3 Å². The molecule has 0 saturated heterocycles. The minimum atomic E-state index is 0.0594. The fourth-order valence-corrected chi connectivity index (χ4v) is 1.92. The Balaban J connectivity index is 2.11. The minimum Gasteiger partial charge on any atom is -0.312 e. The van der Waals surface area contributed by atoms with Crippen molar-refractivity contribution in [3.05, 3.63) is 27.4 Å². The first-order valence-electron chi connectivity index (χ1n) is 5.17. The molecule has 2 heterocycles. The Hall–Kier alpha value is -1.16. The van der Waals surface area contributed by atoms with Gasteiger partial charge in [0, 0.05) is 25.4 Å². The summed E-state index contributed by atoms with van der Waals surface area (Å²) in [5.41, 5.74) is 1.90. The summed E-state index contributed by atoms with van der Waals surface area (Å²) in [7, 11) is 0. The summed E-state index contributed by atoms with van der Waals surface area (Å²) in [5.74, 6) is 1.44. The summed E-state index contributed by atoms with van der Waals surface area (Å²) < 4.78 is 0. The molecule has 4 heteroatoms. The van der Waals surface area contributed by atoms with Crippen molar-refractivity contribution < 1.29 is 0 Å². The summed E-state index contributed by atoms with van der Waals surface area (Å²) in [4.78, 5) is 19.1. The van der Waals surface area contributed by atoms with Crippen LogP contribution in [-0.2, 0) is 13.0 Å². The molecular formula is C10H13N3O. The van der Waals surface area contributed by atoms with E-state index < -0.39 is 0 Å². The Morgan fingerprint density at radius 2 is 2.21 bits per heavy atom. The number of fused-ring (bicyclic) bond motifs is 1. The maximum Gasteiger partial charge on any atom is 0.255 e. The van der Waals surface area contributed by atoms with E-state index in [1.807, 2.05) is 0 Å². The Bertz CT molecular complexity index is 420. The van der Waals surface area contributed by atoms with E-state index in [1.165, 1.54) is 12.8 Å². The largest absolute Gasteiger partial charge is 0.312 e. The number of nitrogens with one attached hydrogen (secondary N) is 2. The van der Waals surface area contributed by atoms with Crippen molar-refractivity contribution in [3.63, 3.8) is 0 Å². The van der Waals surface area contributed by atoms with Crippen LogP contribution >= 0.6 is 0 Å². The molecule has 1 aromatic heterocycles. The standard InChI is InChI=1S/C10H13N3O/c14-10-7-5-11-4-3-8(7)12-9(13-10)6-1-2-6/h6,11H,1-5H2,(H,12,13,14). The summed E-state index contributed by atoms with van der Waals surface area (Å²) in [5, 5.41) is 3.19. The predicted octanol–water partition coefficient (Wildman–Crippen LogP) is 0.293. The van der Waals surface area contributed by atoms with Crippen molar-refractivity contribution in [3.8, 4) is 0 Å². The average molecular weight is 191 g/mol. The second kappa shape index (κ2) is 2.92. The summed E-state index contributed by atoms with van der Waals surface area (Å²) in [6, 6.07) is 0. The lowest BCUT2D eigenvalue weighted by Crippen LogP contribution is -2.32. The lowest BCUT2D eigenvalue weighted by atomic mass is 10.1. The van der Waals surface area contributed by atoms with Crippen LogP contribution in [-0.4, -0.2) is 16.5 Å². The molecule has 0 atom stereocenters. The maximum absolute atomic E-state index is 11.7. The topological polar surface area (TPSA) is 57.8 Å². The van der Waals surface area contributed by atoms with E-state index in [4.69, 9.17) is 0 Å². The van der Waals surface area contributed by atoms with Crippen LogP contribution in [0.5, 0.6) is 0 Å². The van der Waals surface area contributed by atoms with Gasteiger partial charge in [-0.3, -0.25) is 4.79 Å². The van der Waals surface area contributed by atoms with Crippen LogP contribution in [0.3, 0.4) is 0 Å². The quantitative estimate of drug-likeness (QED) is 0.671. The van der Waals surface area contributed by atoms with E-state index in [2.05, 4.69) is 15.3 Å². The molecule has 1 aliphatic heterocycles. The van der Waals surface area contributed by atoms with Gasteiger partial charge in [-0.1, -0.05) is 0 Å². The van der Waals surface area contributed by atoms with Gasteiger partial charge in [0.25, 0.3) is 5.56 Å². The predicted molar refractivity (Wildman–Crippen MR) is 52.2 cm³/mol. The summed E-state index contributed by atoms with van der Waals surface area (Å²) in [6.45, 7) is 1.61. The van der Waals surface area contributed by atoms with Crippen LogP contribution in [0.1, 0.15) is 35.8 Å². The molecule has 0 radical (unpaired) electrons. The second-order valence-electron chi connectivity index (χ2n) is 4.08. The number of nitrogens with zero attached hydrogens (tertiary/aromatic N) is 1. The molecule has 1 saturated carbocycles. The molecule has 14 heavy (non-hydrogen) atoms. The van der Waals surface area contributed by atoms with Gasteiger partial charge in [-0.25, -0.2) is 4.98 Å². The number of hydrogen-bond acceptors (Lipinski definition) is 3. The third-order valence-electron chi connectivity index (χ3n) is 2.92. The van der Waals surface area contributed by atoms with Crippen molar-refractivity contribution in [1.29, 1.82) is 0 Å². The highest BCUT2D eigenvalue weighted by molar-refractivity contribution is 5.22. The number of H-pyrrole nitrogens is 1. The third-order valence-corrected chi connectivity index (χ3v) is 2.92.